The van der Waals surface area contributed by atoms with Crippen LogP contribution < -0.4 is 10.1 Å². The lowest BCUT2D eigenvalue weighted by Gasteiger charge is -2.19. The fourth-order valence-corrected chi connectivity index (χ4v) is 2.48. The first-order valence-electron chi connectivity index (χ1n) is 6.72. The Hall–Kier alpha value is -1.06. The smallest absolute Gasteiger partial charge is 0.123 e. The molecule has 1 aromatic rings. The second-order valence-corrected chi connectivity index (χ2v) is 5.02. The molecule has 18 heavy (non-hydrogen) atoms. The van der Waals surface area contributed by atoms with E-state index in [9.17, 15) is 0 Å². The molecule has 1 aromatic carbocycles. The van der Waals surface area contributed by atoms with E-state index >= 15 is 0 Å². The molecular formula is C15H23NO2. The van der Waals surface area contributed by atoms with Crippen LogP contribution in [-0.4, -0.2) is 25.9 Å². The van der Waals surface area contributed by atoms with Gasteiger partial charge in [0.1, 0.15) is 5.75 Å². The fraction of sp³-hybridized carbons (Fsp3) is 0.600. The van der Waals surface area contributed by atoms with Gasteiger partial charge < -0.3 is 14.8 Å². The summed E-state index contributed by atoms with van der Waals surface area (Å²) in [7, 11) is 1.72. The van der Waals surface area contributed by atoms with Gasteiger partial charge in [-0.25, -0.2) is 0 Å². The molecule has 100 valence electrons. The SMILES string of the molecule is COc1ccccc1[C@@H](C)NCC1CCC(C)O1. The highest BCUT2D eigenvalue weighted by atomic mass is 16.5. The van der Waals surface area contributed by atoms with E-state index in [0.29, 0.717) is 12.2 Å². The second kappa shape index (κ2) is 6.21. The number of para-hydroxylation sites is 1. The zero-order valence-corrected chi connectivity index (χ0v) is 11.5. The largest absolute Gasteiger partial charge is 0.496 e. The zero-order valence-electron chi connectivity index (χ0n) is 11.5. The molecule has 1 aliphatic rings. The zero-order chi connectivity index (χ0) is 13.0. The number of ether oxygens (including phenoxy) is 2. The first kappa shape index (κ1) is 13.4. The third-order valence-corrected chi connectivity index (χ3v) is 3.58. The fourth-order valence-electron chi connectivity index (χ4n) is 2.48. The summed E-state index contributed by atoms with van der Waals surface area (Å²) >= 11 is 0. The Morgan fingerprint density at radius 1 is 1.39 bits per heavy atom. The van der Waals surface area contributed by atoms with Crippen molar-refractivity contribution in [3.05, 3.63) is 29.8 Å². The van der Waals surface area contributed by atoms with Gasteiger partial charge in [0, 0.05) is 18.2 Å². The molecule has 3 heteroatoms. The van der Waals surface area contributed by atoms with Gasteiger partial charge >= 0.3 is 0 Å². The topological polar surface area (TPSA) is 30.5 Å². The number of hydrogen-bond donors (Lipinski definition) is 1. The van der Waals surface area contributed by atoms with Crippen LogP contribution in [0.5, 0.6) is 5.75 Å². The van der Waals surface area contributed by atoms with Crippen LogP contribution in [0.25, 0.3) is 0 Å². The van der Waals surface area contributed by atoms with Crippen molar-refractivity contribution in [1.29, 1.82) is 0 Å². The van der Waals surface area contributed by atoms with E-state index in [1.807, 2.05) is 18.2 Å². The molecular weight excluding hydrogens is 226 g/mol. The first-order chi connectivity index (χ1) is 8.70. The highest BCUT2D eigenvalue weighted by Gasteiger charge is 2.22. The minimum absolute atomic E-state index is 0.278. The number of nitrogens with one attached hydrogen (secondary N) is 1. The van der Waals surface area contributed by atoms with Crippen LogP contribution in [0.4, 0.5) is 0 Å². The van der Waals surface area contributed by atoms with Crippen molar-refractivity contribution in [2.24, 2.45) is 0 Å². The Bertz CT molecular complexity index is 381. The molecule has 1 saturated heterocycles. The van der Waals surface area contributed by atoms with E-state index in [2.05, 4.69) is 25.2 Å². The van der Waals surface area contributed by atoms with E-state index < -0.39 is 0 Å². The highest BCUT2D eigenvalue weighted by Crippen LogP contribution is 2.25. The Morgan fingerprint density at radius 2 is 2.17 bits per heavy atom. The van der Waals surface area contributed by atoms with Crippen LogP contribution in [0.1, 0.15) is 38.3 Å². The molecule has 0 spiro atoms. The number of hydrogen-bond acceptors (Lipinski definition) is 3. The van der Waals surface area contributed by atoms with Gasteiger partial charge in [-0.1, -0.05) is 18.2 Å². The first-order valence-corrected chi connectivity index (χ1v) is 6.72. The summed E-state index contributed by atoms with van der Waals surface area (Å²) in [6.07, 6.45) is 3.11. The van der Waals surface area contributed by atoms with Gasteiger partial charge in [0.2, 0.25) is 0 Å². The second-order valence-electron chi connectivity index (χ2n) is 5.02. The van der Waals surface area contributed by atoms with Crippen molar-refractivity contribution >= 4 is 0 Å². The molecule has 0 aliphatic carbocycles. The molecule has 3 nitrogen and oxygen atoms in total. The summed E-state index contributed by atoms with van der Waals surface area (Å²) in [6.45, 7) is 5.21. The Balaban J connectivity index is 1.89. The maximum absolute atomic E-state index is 5.81. The summed E-state index contributed by atoms with van der Waals surface area (Å²) in [6, 6.07) is 8.43. The van der Waals surface area contributed by atoms with Gasteiger partial charge in [0.25, 0.3) is 0 Å². The quantitative estimate of drug-likeness (QED) is 0.870. The molecule has 0 aromatic heterocycles. The van der Waals surface area contributed by atoms with Gasteiger partial charge in [0.05, 0.1) is 19.3 Å². The third kappa shape index (κ3) is 3.24. The summed E-state index contributed by atoms with van der Waals surface area (Å²) in [5.41, 5.74) is 1.20. The normalized spacial score (nSPS) is 25.1. The molecule has 3 atom stereocenters. The lowest BCUT2D eigenvalue weighted by molar-refractivity contribution is 0.0546. The molecule has 0 amide bonds. The highest BCUT2D eigenvalue weighted by molar-refractivity contribution is 5.35. The predicted molar refractivity (Wildman–Crippen MR) is 73.0 cm³/mol. The van der Waals surface area contributed by atoms with Crippen molar-refractivity contribution < 1.29 is 9.47 Å². The van der Waals surface area contributed by atoms with Crippen LogP contribution in [0.15, 0.2) is 24.3 Å². The van der Waals surface area contributed by atoms with Crippen molar-refractivity contribution in [2.45, 2.75) is 44.9 Å². The summed E-state index contributed by atoms with van der Waals surface area (Å²) < 4.78 is 11.2. The van der Waals surface area contributed by atoms with Gasteiger partial charge in [-0.2, -0.15) is 0 Å². The van der Waals surface area contributed by atoms with Crippen LogP contribution in [0.3, 0.4) is 0 Å². The van der Waals surface area contributed by atoms with Gasteiger partial charge in [-0.05, 0) is 32.8 Å². The van der Waals surface area contributed by atoms with E-state index in [0.717, 1.165) is 18.7 Å². The average Bonchev–Trinajstić information content (AvgIpc) is 2.81. The summed E-state index contributed by atoms with van der Waals surface area (Å²) in [4.78, 5) is 0. The molecule has 0 radical (unpaired) electrons. The predicted octanol–water partition coefficient (Wildman–Crippen LogP) is 2.91. The van der Waals surface area contributed by atoms with Crippen LogP contribution >= 0.6 is 0 Å². The lowest BCUT2D eigenvalue weighted by atomic mass is 10.1. The number of benzene rings is 1. The molecule has 1 N–H and O–H groups in total. The van der Waals surface area contributed by atoms with Gasteiger partial charge in [0.15, 0.2) is 0 Å². The monoisotopic (exact) mass is 249 g/mol. The third-order valence-electron chi connectivity index (χ3n) is 3.58. The van der Waals surface area contributed by atoms with Crippen LogP contribution in [0.2, 0.25) is 0 Å². The molecule has 0 bridgehead atoms. The maximum atomic E-state index is 5.81. The summed E-state index contributed by atoms with van der Waals surface area (Å²) in [5.74, 6) is 0.943. The van der Waals surface area contributed by atoms with E-state index in [4.69, 9.17) is 9.47 Å². The Morgan fingerprint density at radius 3 is 2.83 bits per heavy atom. The molecule has 1 fully saturated rings. The van der Waals surface area contributed by atoms with Gasteiger partial charge in [-0.15, -0.1) is 0 Å². The Kier molecular flexibility index (Phi) is 4.61. The Labute approximate surface area is 109 Å². The van der Waals surface area contributed by atoms with E-state index in [1.54, 1.807) is 7.11 Å². The van der Waals surface area contributed by atoms with E-state index in [-0.39, 0.29) is 6.04 Å². The molecule has 2 unspecified atom stereocenters. The molecule has 2 rings (SSSR count). The average molecular weight is 249 g/mol. The summed E-state index contributed by atoms with van der Waals surface area (Å²) in [5, 5.41) is 3.53. The number of methoxy groups -OCH3 is 1. The van der Waals surface area contributed by atoms with Crippen LogP contribution in [0, 0.1) is 0 Å². The van der Waals surface area contributed by atoms with Crippen molar-refractivity contribution in [3.63, 3.8) is 0 Å². The van der Waals surface area contributed by atoms with Crippen molar-refractivity contribution in [1.82, 2.24) is 5.32 Å². The van der Waals surface area contributed by atoms with Crippen molar-refractivity contribution in [3.8, 4) is 5.75 Å². The maximum Gasteiger partial charge on any atom is 0.123 e. The lowest BCUT2D eigenvalue weighted by Crippen LogP contribution is -2.29. The molecule has 0 saturated carbocycles. The minimum atomic E-state index is 0.278. The molecule has 1 heterocycles. The standard InChI is InChI=1S/C15H23NO2/c1-11-8-9-13(18-11)10-16-12(2)14-6-4-5-7-15(14)17-3/h4-7,11-13,16H,8-10H2,1-3H3/t11?,12-,13?/m1/s1. The van der Waals surface area contributed by atoms with Crippen molar-refractivity contribution in [2.75, 3.05) is 13.7 Å². The van der Waals surface area contributed by atoms with E-state index in [1.165, 1.54) is 12.0 Å². The minimum Gasteiger partial charge on any atom is -0.496 e. The molecule has 1 aliphatic heterocycles. The number of rotatable bonds is 5. The van der Waals surface area contributed by atoms with Gasteiger partial charge in [-0.3, -0.25) is 0 Å². The van der Waals surface area contributed by atoms with Crippen LogP contribution in [-0.2, 0) is 4.74 Å².